The Balaban J connectivity index is 1.90. The summed E-state index contributed by atoms with van der Waals surface area (Å²) in [5.41, 5.74) is 0.844. The number of hydrogen-bond acceptors (Lipinski definition) is 5. The van der Waals surface area contributed by atoms with E-state index < -0.39 is 24.2 Å². The number of ketones is 1. The highest BCUT2D eigenvalue weighted by atomic mass is 16.5. The molecule has 6 heteroatoms. The van der Waals surface area contributed by atoms with Crippen LogP contribution in [0.1, 0.15) is 47.0 Å². The molecule has 2 aliphatic carbocycles. The van der Waals surface area contributed by atoms with Gasteiger partial charge in [-0.3, -0.25) is 9.59 Å². The van der Waals surface area contributed by atoms with Crippen molar-refractivity contribution in [1.29, 1.82) is 0 Å². The summed E-state index contributed by atoms with van der Waals surface area (Å²) in [6.07, 6.45) is 8.25. The molecule has 1 saturated carbocycles. The number of allylic oxidation sites excluding steroid dienone is 2. The highest BCUT2D eigenvalue weighted by molar-refractivity contribution is 6.27. The minimum atomic E-state index is -0.852. The zero-order valence-corrected chi connectivity index (χ0v) is 19.2. The lowest BCUT2D eigenvalue weighted by molar-refractivity contribution is -0.126. The summed E-state index contributed by atoms with van der Waals surface area (Å²) in [5.74, 6) is 1.09. The van der Waals surface area contributed by atoms with Gasteiger partial charge in [-0.1, -0.05) is 38.0 Å². The van der Waals surface area contributed by atoms with E-state index >= 15 is 0 Å². The van der Waals surface area contributed by atoms with Gasteiger partial charge in [0.25, 0.3) is 5.91 Å². The summed E-state index contributed by atoms with van der Waals surface area (Å²) >= 11 is 0. The van der Waals surface area contributed by atoms with Crippen LogP contribution in [0, 0.1) is 29.1 Å². The van der Waals surface area contributed by atoms with Crippen LogP contribution < -0.4 is 0 Å². The Hall–Kier alpha value is -1.92. The van der Waals surface area contributed by atoms with Crippen LogP contribution in [-0.2, 0) is 14.3 Å². The number of aliphatic hydroxyl groups excluding tert-OH is 2. The molecular weight excluding hydrogens is 394 g/mol. The number of ether oxygens (including phenoxy) is 1. The summed E-state index contributed by atoms with van der Waals surface area (Å²) in [4.78, 5) is 27.7. The second-order valence-corrected chi connectivity index (χ2v) is 10.3. The Morgan fingerprint density at radius 3 is 2.68 bits per heavy atom. The van der Waals surface area contributed by atoms with Crippen LogP contribution in [0.3, 0.4) is 0 Å². The number of carbonyl (C=O) groups excluding carboxylic acids is 2. The van der Waals surface area contributed by atoms with Crippen molar-refractivity contribution in [3.8, 4) is 0 Å². The fourth-order valence-electron chi connectivity index (χ4n) is 6.67. The van der Waals surface area contributed by atoms with Crippen molar-refractivity contribution >= 4 is 11.7 Å². The van der Waals surface area contributed by atoms with E-state index in [0.717, 1.165) is 19.3 Å². The number of Topliss-reactive ketones (excluding diaryl/α,β-unsaturated/α-hetero) is 1. The van der Waals surface area contributed by atoms with Gasteiger partial charge in [-0.05, 0) is 50.5 Å². The molecule has 0 aromatic carbocycles. The molecular formula is C25H35NO5. The summed E-state index contributed by atoms with van der Waals surface area (Å²) in [6.45, 7) is 7.87. The van der Waals surface area contributed by atoms with Gasteiger partial charge in [0, 0.05) is 18.4 Å². The molecule has 2 aliphatic heterocycles. The Morgan fingerprint density at radius 1 is 1.35 bits per heavy atom. The molecule has 2 heterocycles. The van der Waals surface area contributed by atoms with E-state index in [1.165, 1.54) is 10.5 Å². The highest BCUT2D eigenvalue weighted by Crippen LogP contribution is 2.63. The van der Waals surface area contributed by atoms with Crippen LogP contribution in [0.25, 0.3) is 0 Å². The lowest BCUT2D eigenvalue weighted by atomic mass is 9.52. The van der Waals surface area contributed by atoms with Crippen LogP contribution in [0.4, 0.5) is 0 Å². The lowest BCUT2D eigenvalue weighted by Crippen LogP contribution is -2.45. The van der Waals surface area contributed by atoms with Crippen LogP contribution in [-0.4, -0.2) is 58.7 Å². The molecule has 0 aromatic rings. The Labute approximate surface area is 184 Å². The third-order valence-corrected chi connectivity index (χ3v) is 8.15. The number of aliphatic hydroxyl groups is 2. The number of hydrogen-bond donors (Lipinski definition) is 2. The van der Waals surface area contributed by atoms with Gasteiger partial charge in [0.15, 0.2) is 5.78 Å². The van der Waals surface area contributed by atoms with E-state index in [2.05, 4.69) is 26.8 Å². The van der Waals surface area contributed by atoms with Gasteiger partial charge >= 0.3 is 0 Å². The number of nitrogens with zero attached hydrogens (tertiary/aromatic N) is 1. The molecule has 4 aliphatic rings. The van der Waals surface area contributed by atoms with Crippen molar-refractivity contribution in [2.75, 3.05) is 13.7 Å². The molecule has 31 heavy (non-hydrogen) atoms. The first-order valence-corrected chi connectivity index (χ1v) is 11.5. The fourth-order valence-corrected chi connectivity index (χ4v) is 6.67. The maximum absolute atomic E-state index is 13.2. The second kappa shape index (κ2) is 7.89. The monoisotopic (exact) mass is 429 g/mol. The maximum atomic E-state index is 13.2. The Morgan fingerprint density at radius 2 is 2.06 bits per heavy atom. The molecule has 0 spiro atoms. The van der Waals surface area contributed by atoms with Crippen LogP contribution in [0.2, 0.25) is 0 Å². The van der Waals surface area contributed by atoms with Crippen LogP contribution in [0.15, 0.2) is 35.1 Å². The van der Waals surface area contributed by atoms with Crippen molar-refractivity contribution in [1.82, 2.24) is 4.90 Å². The molecule has 0 unspecified atom stereocenters. The zero-order chi connectivity index (χ0) is 22.7. The fraction of sp³-hybridized carbons (Fsp3) is 0.680. The number of likely N-dealkylation sites (N-methyl/N-ethyl adjacent to an activating group) is 1. The average Bonchev–Trinajstić information content (AvgIpc) is 3.10. The van der Waals surface area contributed by atoms with E-state index in [1.54, 1.807) is 20.0 Å². The van der Waals surface area contributed by atoms with Gasteiger partial charge in [0.2, 0.25) is 0 Å². The van der Waals surface area contributed by atoms with Gasteiger partial charge < -0.3 is 19.8 Å². The molecule has 0 bridgehead atoms. The van der Waals surface area contributed by atoms with Crippen molar-refractivity contribution in [3.63, 3.8) is 0 Å². The standard InChI is InChI=1S/C25H35NO5/c1-13-6-8-17-16(10-13)11-14(2)21-19(9-7-15(3)28)31-23(25(17,21)4)20-22(29)18(12-27)26(5)24(20)30/h7,9,11,13,15-19,21,27-28H,6,8,10,12H2,1-5H3/b9-7+,23-20-/t13-,15+,16+,17-,18+,19+,21+,25+/m0/s1. The van der Waals surface area contributed by atoms with E-state index in [0.29, 0.717) is 17.6 Å². The molecule has 4 rings (SSSR count). The summed E-state index contributed by atoms with van der Waals surface area (Å²) in [5, 5.41) is 19.5. The highest BCUT2D eigenvalue weighted by Gasteiger charge is 2.62. The molecule has 8 atom stereocenters. The molecule has 2 saturated heterocycles. The first-order chi connectivity index (χ1) is 14.6. The molecule has 2 N–H and O–H groups in total. The normalized spacial score (nSPS) is 43.7. The number of amides is 1. The Bertz CT molecular complexity index is 871. The SMILES string of the molecule is CC1=C[C@H]2C[C@@H](C)CC[C@@H]2[C@@]2(C)/C(=C3\C(=O)[C@@H](CO)N(C)C3=O)O[C@H](/C=C/[C@@H](C)O)[C@@H]12. The summed E-state index contributed by atoms with van der Waals surface area (Å²) in [6, 6.07) is -0.852. The van der Waals surface area contributed by atoms with Gasteiger partial charge in [-0.15, -0.1) is 0 Å². The van der Waals surface area contributed by atoms with Crippen LogP contribution >= 0.6 is 0 Å². The molecule has 0 aromatic heterocycles. The minimum absolute atomic E-state index is 0.00117. The predicted octanol–water partition coefficient (Wildman–Crippen LogP) is 2.61. The van der Waals surface area contributed by atoms with E-state index in [9.17, 15) is 19.8 Å². The summed E-state index contributed by atoms with van der Waals surface area (Å²) < 4.78 is 6.46. The second-order valence-electron chi connectivity index (χ2n) is 10.3. The maximum Gasteiger partial charge on any atom is 0.261 e. The van der Waals surface area contributed by atoms with Crippen molar-refractivity contribution in [2.24, 2.45) is 29.1 Å². The van der Waals surface area contributed by atoms with Crippen LogP contribution in [0.5, 0.6) is 0 Å². The third kappa shape index (κ3) is 3.30. The van der Waals surface area contributed by atoms with Crippen molar-refractivity contribution in [2.45, 2.75) is 65.2 Å². The minimum Gasteiger partial charge on any atom is -0.488 e. The van der Waals surface area contributed by atoms with Gasteiger partial charge in [-0.2, -0.15) is 0 Å². The lowest BCUT2D eigenvalue weighted by Gasteiger charge is -2.49. The number of carbonyl (C=O) groups is 2. The molecule has 1 amide bonds. The molecule has 3 fully saturated rings. The van der Waals surface area contributed by atoms with Crippen molar-refractivity contribution < 1.29 is 24.5 Å². The first-order valence-electron chi connectivity index (χ1n) is 11.5. The topological polar surface area (TPSA) is 87.1 Å². The largest absolute Gasteiger partial charge is 0.488 e. The van der Waals surface area contributed by atoms with Gasteiger partial charge in [-0.25, -0.2) is 0 Å². The number of rotatable bonds is 3. The molecule has 6 nitrogen and oxygen atoms in total. The van der Waals surface area contributed by atoms with E-state index in [1.807, 2.05) is 6.08 Å². The smallest absolute Gasteiger partial charge is 0.261 e. The number of fused-ring (bicyclic) bond motifs is 3. The summed E-state index contributed by atoms with van der Waals surface area (Å²) in [7, 11) is 1.56. The quantitative estimate of drug-likeness (QED) is 0.409. The van der Waals surface area contributed by atoms with Crippen molar-refractivity contribution in [3.05, 3.63) is 35.1 Å². The predicted molar refractivity (Wildman–Crippen MR) is 117 cm³/mol. The van der Waals surface area contributed by atoms with Gasteiger partial charge in [0.05, 0.1) is 12.7 Å². The number of likely N-dealkylation sites (tertiary alicyclic amines) is 1. The molecule has 170 valence electrons. The van der Waals surface area contributed by atoms with E-state index in [4.69, 9.17) is 4.74 Å². The van der Waals surface area contributed by atoms with E-state index in [-0.39, 0.29) is 35.2 Å². The average molecular weight is 430 g/mol. The first kappa shape index (κ1) is 22.3. The third-order valence-electron chi connectivity index (χ3n) is 8.15. The van der Waals surface area contributed by atoms with Gasteiger partial charge in [0.1, 0.15) is 23.5 Å². The zero-order valence-electron chi connectivity index (χ0n) is 19.2. The molecule has 0 radical (unpaired) electrons. The Kier molecular flexibility index (Phi) is 5.67.